The number of nitrogens with two attached hydrogens (primary N) is 1. The first-order valence-corrected chi connectivity index (χ1v) is 3.98. The average Bonchev–Trinajstić information content (AvgIpc) is 2.46. The van der Waals surface area contributed by atoms with Gasteiger partial charge in [-0.05, 0) is 12.8 Å². The molecule has 0 aromatic carbocycles. The summed E-state index contributed by atoms with van der Waals surface area (Å²) in [6.45, 7) is -0.164. The molecule has 0 bridgehead atoms. The van der Waals surface area contributed by atoms with Gasteiger partial charge in [-0.25, -0.2) is 0 Å². The molecule has 5 heteroatoms. The summed E-state index contributed by atoms with van der Waals surface area (Å²) in [5.41, 5.74) is 5.61. The predicted molar refractivity (Wildman–Crippen MR) is 40.2 cm³/mol. The molecule has 1 aliphatic rings. The molecule has 0 aliphatic heterocycles. The molecule has 3 N–H and O–H groups in total. The Bertz CT molecular complexity index is 267. The van der Waals surface area contributed by atoms with Gasteiger partial charge in [0.2, 0.25) is 5.89 Å². The van der Waals surface area contributed by atoms with Gasteiger partial charge in [-0.1, -0.05) is 5.16 Å². The maximum Gasteiger partial charge on any atom is 0.229 e. The zero-order valence-corrected chi connectivity index (χ0v) is 6.60. The van der Waals surface area contributed by atoms with Crippen LogP contribution < -0.4 is 5.73 Å². The van der Waals surface area contributed by atoms with Gasteiger partial charge < -0.3 is 15.4 Å². The lowest BCUT2D eigenvalue weighted by molar-refractivity contribution is 0.251. The lowest BCUT2D eigenvalue weighted by Gasteiger charge is -2.28. The van der Waals surface area contributed by atoms with Crippen molar-refractivity contribution in [2.45, 2.75) is 31.4 Å². The van der Waals surface area contributed by atoms with E-state index >= 15 is 0 Å². The summed E-state index contributed by atoms with van der Waals surface area (Å²) in [5, 5.41) is 12.3. The summed E-state index contributed by atoms with van der Waals surface area (Å²) in [6, 6.07) is 0.277. The van der Waals surface area contributed by atoms with E-state index in [-0.39, 0.29) is 12.6 Å². The Morgan fingerprint density at radius 2 is 2.33 bits per heavy atom. The topological polar surface area (TPSA) is 85.2 Å². The monoisotopic (exact) mass is 169 g/mol. The van der Waals surface area contributed by atoms with Crippen LogP contribution >= 0.6 is 0 Å². The van der Waals surface area contributed by atoms with Crippen LogP contribution in [0.1, 0.15) is 30.5 Å². The highest BCUT2D eigenvalue weighted by atomic mass is 16.5. The van der Waals surface area contributed by atoms with Gasteiger partial charge in [0.05, 0.1) is 0 Å². The number of aliphatic hydroxyl groups excluding tert-OH is 1. The molecule has 66 valence electrons. The second kappa shape index (κ2) is 2.84. The van der Waals surface area contributed by atoms with E-state index in [0.717, 1.165) is 12.8 Å². The highest BCUT2D eigenvalue weighted by molar-refractivity contribution is 5.02. The van der Waals surface area contributed by atoms with Gasteiger partial charge in [0, 0.05) is 12.0 Å². The fourth-order valence-corrected chi connectivity index (χ4v) is 1.36. The van der Waals surface area contributed by atoms with Crippen LogP contribution in [0.4, 0.5) is 0 Å². The standard InChI is InChI=1S/C7H11N3O2/c8-5-1-4(2-5)7-9-6(3-11)10-12-7/h4-5,11H,1-3,8H2. The van der Waals surface area contributed by atoms with Crippen molar-refractivity contribution in [1.29, 1.82) is 0 Å². The highest BCUT2D eigenvalue weighted by Gasteiger charge is 2.31. The Labute approximate surface area is 69.6 Å². The van der Waals surface area contributed by atoms with E-state index < -0.39 is 0 Å². The number of aromatic nitrogens is 2. The highest BCUT2D eigenvalue weighted by Crippen LogP contribution is 2.34. The molecule has 2 rings (SSSR count). The van der Waals surface area contributed by atoms with Crippen molar-refractivity contribution in [3.63, 3.8) is 0 Å². The van der Waals surface area contributed by atoms with Gasteiger partial charge in [-0.2, -0.15) is 4.98 Å². The molecule has 5 nitrogen and oxygen atoms in total. The quantitative estimate of drug-likeness (QED) is 0.638. The van der Waals surface area contributed by atoms with Gasteiger partial charge in [-0.3, -0.25) is 0 Å². The van der Waals surface area contributed by atoms with E-state index in [2.05, 4.69) is 10.1 Å². The Hall–Kier alpha value is -0.940. The molecule has 1 saturated carbocycles. The van der Waals surface area contributed by atoms with Gasteiger partial charge in [0.15, 0.2) is 5.82 Å². The normalized spacial score (nSPS) is 28.5. The molecule has 1 fully saturated rings. The van der Waals surface area contributed by atoms with Crippen molar-refractivity contribution < 1.29 is 9.63 Å². The SMILES string of the molecule is NC1CC(c2nc(CO)no2)C1. The number of rotatable bonds is 2. The Kier molecular flexibility index (Phi) is 1.82. The van der Waals surface area contributed by atoms with Crippen LogP contribution in [-0.4, -0.2) is 21.3 Å². The molecule has 0 unspecified atom stereocenters. The lowest BCUT2D eigenvalue weighted by Crippen LogP contribution is -2.34. The number of nitrogens with zero attached hydrogens (tertiary/aromatic N) is 2. The number of hydrogen-bond donors (Lipinski definition) is 2. The summed E-state index contributed by atoms with van der Waals surface area (Å²) in [5.74, 6) is 1.28. The van der Waals surface area contributed by atoms with Crippen molar-refractivity contribution >= 4 is 0 Å². The third-order valence-corrected chi connectivity index (χ3v) is 2.15. The molecule has 1 aromatic rings. The van der Waals surface area contributed by atoms with Crippen LogP contribution in [0, 0.1) is 0 Å². The van der Waals surface area contributed by atoms with Crippen molar-refractivity contribution in [3.05, 3.63) is 11.7 Å². The van der Waals surface area contributed by atoms with Crippen LogP contribution in [0.15, 0.2) is 4.52 Å². The first kappa shape index (κ1) is 7.70. The Balaban J connectivity index is 2.04. The Morgan fingerprint density at radius 1 is 1.58 bits per heavy atom. The summed E-state index contributed by atoms with van der Waals surface area (Å²) in [7, 11) is 0. The van der Waals surface area contributed by atoms with E-state index in [0.29, 0.717) is 17.6 Å². The summed E-state index contributed by atoms with van der Waals surface area (Å²) in [6.07, 6.45) is 1.82. The average molecular weight is 169 g/mol. The van der Waals surface area contributed by atoms with Crippen molar-refractivity contribution in [1.82, 2.24) is 10.1 Å². The second-order valence-electron chi connectivity index (χ2n) is 3.14. The van der Waals surface area contributed by atoms with Crippen LogP contribution in [0.2, 0.25) is 0 Å². The molecule has 1 aromatic heterocycles. The molecule has 12 heavy (non-hydrogen) atoms. The minimum absolute atomic E-state index is 0.164. The first-order chi connectivity index (χ1) is 5.79. The fraction of sp³-hybridized carbons (Fsp3) is 0.714. The molecule has 0 amide bonds. The summed E-state index contributed by atoms with van der Waals surface area (Å²) < 4.78 is 4.93. The summed E-state index contributed by atoms with van der Waals surface area (Å²) >= 11 is 0. The third-order valence-electron chi connectivity index (χ3n) is 2.15. The van der Waals surface area contributed by atoms with Crippen LogP contribution in [-0.2, 0) is 6.61 Å². The van der Waals surface area contributed by atoms with E-state index in [4.69, 9.17) is 15.4 Å². The molecule has 0 saturated heterocycles. The maximum atomic E-state index is 8.67. The van der Waals surface area contributed by atoms with E-state index in [1.165, 1.54) is 0 Å². The zero-order chi connectivity index (χ0) is 8.55. The molecule has 0 radical (unpaired) electrons. The van der Waals surface area contributed by atoms with Gasteiger partial charge in [0.25, 0.3) is 0 Å². The van der Waals surface area contributed by atoms with Crippen LogP contribution in [0.3, 0.4) is 0 Å². The maximum absolute atomic E-state index is 8.67. The van der Waals surface area contributed by atoms with Crippen molar-refractivity contribution in [2.75, 3.05) is 0 Å². The van der Waals surface area contributed by atoms with E-state index in [1.54, 1.807) is 0 Å². The van der Waals surface area contributed by atoms with Crippen LogP contribution in [0.5, 0.6) is 0 Å². The molecular weight excluding hydrogens is 158 g/mol. The molecule has 0 atom stereocenters. The minimum Gasteiger partial charge on any atom is -0.388 e. The van der Waals surface area contributed by atoms with Gasteiger partial charge in [-0.15, -0.1) is 0 Å². The number of aliphatic hydroxyl groups is 1. The minimum atomic E-state index is -0.164. The van der Waals surface area contributed by atoms with Gasteiger partial charge >= 0.3 is 0 Å². The Morgan fingerprint density at radius 3 is 2.83 bits per heavy atom. The smallest absolute Gasteiger partial charge is 0.229 e. The number of hydrogen-bond acceptors (Lipinski definition) is 5. The van der Waals surface area contributed by atoms with Gasteiger partial charge in [0.1, 0.15) is 6.61 Å². The van der Waals surface area contributed by atoms with E-state index in [1.807, 2.05) is 0 Å². The summed E-state index contributed by atoms with van der Waals surface area (Å²) in [4.78, 5) is 4.00. The zero-order valence-electron chi connectivity index (χ0n) is 6.60. The van der Waals surface area contributed by atoms with Crippen molar-refractivity contribution in [2.24, 2.45) is 5.73 Å². The molecular formula is C7H11N3O2. The van der Waals surface area contributed by atoms with E-state index in [9.17, 15) is 0 Å². The second-order valence-corrected chi connectivity index (χ2v) is 3.14. The predicted octanol–water partition coefficient (Wildman–Crippen LogP) is -0.233. The largest absolute Gasteiger partial charge is 0.388 e. The third kappa shape index (κ3) is 1.21. The molecule has 1 heterocycles. The molecule has 0 spiro atoms. The van der Waals surface area contributed by atoms with Crippen LogP contribution in [0.25, 0.3) is 0 Å². The lowest BCUT2D eigenvalue weighted by atomic mass is 9.81. The first-order valence-electron chi connectivity index (χ1n) is 3.98. The molecule has 1 aliphatic carbocycles. The van der Waals surface area contributed by atoms with Crippen molar-refractivity contribution in [3.8, 4) is 0 Å². The fourth-order valence-electron chi connectivity index (χ4n) is 1.36.